The van der Waals surface area contributed by atoms with E-state index >= 15 is 0 Å². The van der Waals surface area contributed by atoms with Crippen LogP contribution >= 0.6 is 0 Å². The first-order valence-electron chi connectivity index (χ1n) is 7.84. The van der Waals surface area contributed by atoms with Gasteiger partial charge in [-0.2, -0.15) is 0 Å². The van der Waals surface area contributed by atoms with Crippen LogP contribution in [0.2, 0.25) is 0 Å². The first-order chi connectivity index (χ1) is 12.3. The number of carbonyl (C=O) groups is 1. The third-order valence-electron chi connectivity index (χ3n) is 3.54. The highest BCUT2D eigenvalue weighted by Gasteiger charge is 2.22. The van der Waals surface area contributed by atoms with Crippen molar-refractivity contribution in [2.75, 3.05) is 27.4 Å². The zero-order valence-electron chi connectivity index (χ0n) is 14.8. The van der Waals surface area contributed by atoms with Crippen LogP contribution in [0.15, 0.2) is 53.4 Å². The second kappa shape index (κ2) is 8.79. The molecule has 0 aromatic heterocycles. The largest absolute Gasteiger partial charge is 0.490 e. The number of carbonyl (C=O) groups excluding carboxylic acids is 1. The van der Waals surface area contributed by atoms with Crippen molar-refractivity contribution in [3.05, 3.63) is 59.7 Å². The lowest BCUT2D eigenvalue weighted by molar-refractivity contribution is -0.0258. The normalized spacial score (nSPS) is 11.4. The van der Waals surface area contributed by atoms with Crippen LogP contribution < -0.4 is 4.74 Å². The molecule has 0 spiro atoms. The number of benzene rings is 2. The average molecular weight is 379 g/mol. The van der Waals surface area contributed by atoms with Crippen LogP contribution in [0.25, 0.3) is 0 Å². The molecule has 2 aromatic carbocycles. The highest BCUT2D eigenvalue weighted by Crippen LogP contribution is 2.17. The van der Waals surface area contributed by atoms with E-state index in [0.29, 0.717) is 10.2 Å². The summed E-state index contributed by atoms with van der Waals surface area (Å²) in [6.45, 7) is 2.19. The van der Waals surface area contributed by atoms with Gasteiger partial charge >= 0.3 is 5.97 Å². The molecule has 0 aliphatic rings. The Kier molecular flexibility index (Phi) is 6.73. The quantitative estimate of drug-likeness (QED) is 0.398. The van der Waals surface area contributed by atoms with Gasteiger partial charge in [-0.1, -0.05) is 22.7 Å². The topological polar surface area (TPSA) is 82.1 Å². The zero-order valence-corrected chi connectivity index (χ0v) is 15.7. The third-order valence-corrected chi connectivity index (χ3v) is 5.21. The molecular formula is C18H21NO6S. The van der Waals surface area contributed by atoms with Crippen LogP contribution in [0.4, 0.5) is 0 Å². The second-order valence-electron chi connectivity index (χ2n) is 5.43. The number of hydroxylamine groups is 1. The molecule has 0 heterocycles. The molecule has 0 saturated carbocycles. The van der Waals surface area contributed by atoms with E-state index in [9.17, 15) is 13.2 Å². The van der Waals surface area contributed by atoms with Crippen LogP contribution in [0.5, 0.6) is 5.75 Å². The molecule has 8 heteroatoms. The number of esters is 1. The fraction of sp³-hybridized carbons (Fsp3) is 0.278. The minimum Gasteiger partial charge on any atom is -0.490 e. The summed E-state index contributed by atoms with van der Waals surface area (Å²) in [6, 6.07) is 13.1. The van der Waals surface area contributed by atoms with Crippen LogP contribution in [-0.4, -0.2) is 46.2 Å². The van der Waals surface area contributed by atoms with Crippen molar-refractivity contribution in [3.63, 3.8) is 0 Å². The van der Waals surface area contributed by atoms with Gasteiger partial charge in [0.1, 0.15) is 19.0 Å². The summed E-state index contributed by atoms with van der Waals surface area (Å²) >= 11 is 0. The molecule has 0 unspecified atom stereocenters. The first kappa shape index (κ1) is 19.9. The molecule has 140 valence electrons. The molecule has 0 saturated heterocycles. The first-order valence-corrected chi connectivity index (χ1v) is 9.28. The molecule has 0 bridgehead atoms. The number of sulfonamides is 1. The predicted octanol–water partition coefficient (Wildman–Crippen LogP) is 2.41. The second-order valence-corrected chi connectivity index (χ2v) is 7.36. The number of hydrogen-bond acceptors (Lipinski definition) is 6. The van der Waals surface area contributed by atoms with E-state index in [0.717, 1.165) is 5.56 Å². The standard InChI is InChI=1S/C18H21NO6S/c1-14-6-4-8-16(12-14)24-10-11-25-18(20)15-7-5-9-17(13-15)26(21,22)19(2)23-3/h4-9,12-13H,10-11H2,1-3H3. The van der Waals surface area contributed by atoms with Crippen LogP contribution in [-0.2, 0) is 19.6 Å². The Morgan fingerprint density at radius 3 is 2.50 bits per heavy atom. The number of ether oxygens (including phenoxy) is 2. The van der Waals surface area contributed by atoms with Gasteiger partial charge in [-0.3, -0.25) is 4.84 Å². The molecule has 7 nitrogen and oxygen atoms in total. The summed E-state index contributed by atoms with van der Waals surface area (Å²) in [7, 11) is -1.32. The van der Waals surface area contributed by atoms with E-state index in [-0.39, 0.29) is 23.7 Å². The monoisotopic (exact) mass is 379 g/mol. The Morgan fingerprint density at radius 2 is 1.81 bits per heavy atom. The lowest BCUT2D eigenvalue weighted by Crippen LogP contribution is -2.26. The minimum atomic E-state index is -3.83. The van der Waals surface area contributed by atoms with E-state index in [4.69, 9.17) is 14.3 Å². The Balaban J connectivity index is 1.94. The Labute approximate surface area is 153 Å². The molecule has 0 aliphatic carbocycles. The molecule has 0 amide bonds. The van der Waals surface area contributed by atoms with E-state index < -0.39 is 16.0 Å². The Morgan fingerprint density at radius 1 is 1.08 bits per heavy atom. The molecule has 2 aromatic rings. The van der Waals surface area contributed by atoms with E-state index in [1.165, 1.54) is 38.4 Å². The zero-order chi connectivity index (χ0) is 19.2. The van der Waals surface area contributed by atoms with Crippen molar-refractivity contribution in [2.24, 2.45) is 0 Å². The highest BCUT2D eigenvalue weighted by atomic mass is 32.2. The molecule has 2 rings (SSSR count). The van der Waals surface area contributed by atoms with Crippen molar-refractivity contribution in [3.8, 4) is 5.75 Å². The molecule has 0 fully saturated rings. The van der Waals surface area contributed by atoms with Gasteiger partial charge < -0.3 is 9.47 Å². The Bertz CT molecular complexity index is 865. The Hall–Kier alpha value is -2.42. The lowest BCUT2D eigenvalue weighted by Gasteiger charge is -2.14. The molecule has 0 aliphatic heterocycles. The van der Waals surface area contributed by atoms with Crippen molar-refractivity contribution < 1.29 is 27.5 Å². The third kappa shape index (κ3) is 5.04. The van der Waals surface area contributed by atoms with Crippen LogP contribution in [0, 0.1) is 6.92 Å². The number of hydrogen-bond donors (Lipinski definition) is 0. The fourth-order valence-corrected chi connectivity index (χ4v) is 3.13. The summed E-state index contributed by atoms with van der Waals surface area (Å²) in [5.74, 6) is 0.0618. The average Bonchev–Trinajstić information content (AvgIpc) is 2.64. The fourth-order valence-electron chi connectivity index (χ4n) is 2.11. The predicted molar refractivity (Wildman–Crippen MR) is 95.4 cm³/mol. The van der Waals surface area contributed by atoms with Crippen molar-refractivity contribution >= 4 is 16.0 Å². The van der Waals surface area contributed by atoms with Gasteiger partial charge in [-0.05, 0) is 42.8 Å². The van der Waals surface area contributed by atoms with Crippen molar-refractivity contribution in [2.45, 2.75) is 11.8 Å². The summed E-state index contributed by atoms with van der Waals surface area (Å²) in [4.78, 5) is 16.8. The SMILES string of the molecule is CON(C)S(=O)(=O)c1cccc(C(=O)OCCOc2cccc(C)c2)c1. The van der Waals surface area contributed by atoms with E-state index in [1.807, 2.05) is 31.2 Å². The summed E-state index contributed by atoms with van der Waals surface area (Å²) in [6.07, 6.45) is 0. The molecule has 26 heavy (non-hydrogen) atoms. The minimum absolute atomic E-state index is 0.0434. The van der Waals surface area contributed by atoms with Crippen molar-refractivity contribution in [1.29, 1.82) is 0 Å². The van der Waals surface area contributed by atoms with E-state index in [2.05, 4.69) is 0 Å². The maximum Gasteiger partial charge on any atom is 0.338 e. The van der Waals surface area contributed by atoms with Gasteiger partial charge in [0.15, 0.2) is 0 Å². The van der Waals surface area contributed by atoms with Gasteiger partial charge in [0.2, 0.25) is 0 Å². The summed E-state index contributed by atoms with van der Waals surface area (Å²) in [5.41, 5.74) is 1.20. The van der Waals surface area contributed by atoms with Gasteiger partial charge in [0.25, 0.3) is 10.0 Å². The van der Waals surface area contributed by atoms with Gasteiger partial charge in [0.05, 0.1) is 17.6 Å². The molecule has 0 atom stereocenters. The molecule has 0 radical (unpaired) electrons. The lowest BCUT2D eigenvalue weighted by atomic mass is 10.2. The van der Waals surface area contributed by atoms with Gasteiger partial charge in [-0.15, -0.1) is 0 Å². The number of aryl methyl sites for hydroxylation is 1. The van der Waals surface area contributed by atoms with Crippen LogP contribution in [0.3, 0.4) is 0 Å². The smallest absolute Gasteiger partial charge is 0.338 e. The maximum absolute atomic E-state index is 12.2. The van der Waals surface area contributed by atoms with Gasteiger partial charge in [-0.25, -0.2) is 13.2 Å². The van der Waals surface area contributed by atoms with Gasteiger partial charge in [0, 0.05) is 7.05 Å². The number of nitrogens with zero attached hydrogens (tertiary/aromatic N) is 1. The van der Waals surface area contributed by atoms with E-state index in [1.54, 1.807) is 0 Å². The maximum atomic E-state index is 12.2. The summed E-state index contributed by atoms with van der Waals surface area (Å²) < 4.78 is 35.8. The van der Waals surface area contributed by atoms with Crippen LogP contribution in [0.1, 0.15) is 15.9 Å². The number of rotatable bonds is 8. The molecule has 0 N–H and O–H groups in total. The molecular weight excluding hydrogens is 358 g/mol. The highest BCUT2D eigenvalue weighted by molar-refractivity contribution is 7.89. The summed E-state index contributed by atoms with van der Waals surface area (Å²) in [5, 5.41) is 0. The van der Waals surface area contributed by atoms with Crippen molar-refractivity contribution in [1.82, 2.24) is 4.47 Å².